The van der Waals surface area contributed by atoms with Crippen LogP contribution in [0.2, 0.25) is 0 Å². The van der Waals surface area contributed by atoms with Crippen LogP contribution < -0.4 is 10.6 Å². The highest BCUT2D eigenvalue weighted by atomic mass is 16.5. The van der Waals surface area contributed by atoms with E-state index in [2.05, 4.69) is 17.6 Å². The van der Waals surface area contributed by atoms with E-state index in [4.69, 9.17) is 4.74 Å². The van der Waals surface area contributed by atoms with Gasteiger partial charge in [-0.25, -0.2) is 4.79 Å². The number of hydrogen-bond donors (Lipinski definition) is 2. The van der Waals surface area contributed by atoms with Crippen LogP contribution in [0.5, 0.6) is 0 Å². The van der Waals surface area contributed by atoms with Crippen molar-refractivity contribution in [3.05, 3.63) is 0 Å². The van der Waals surface area contributed by atoms with E-state index in [0.29, 0.717) is 6.61 Å². The molecule has 0 aliphatic carbocycles. The third kappa shape index (κ3) is 5.95. The van der Waals surface area contributed by atoms with E-state index in [-0.39, 0.29) is 6.09 Å². The Kier molecular flexibility index (Phi) is 6.97. The summed E-state index contributed by atoms with van der Waals surface area (Å²) < 4.78 is 5.02. The van der Waals surface area contributed by atoms with Gasteiger partial charge in [-0.3, -0.25) is 0 Å². The van der Waals surface area contributed by atoms with Crippen LogP contribution in [-0.4, -0.2) is 32.3 Å². The molecule has 0 bridgehead atoms. The average Bonchev–Trinajstić information content (AvgIpc) is 2.31. The maximum atomic E-state index is 11.2. The van der Waals surface area contributed by atoms with Crippen LogP contribution in [0.15, 0.2) is 0 Å². The number of ether oxygens (including phenoxy) is 1. The number of unbranched alkanes of at least 4 members (excludes halogenated alkanes) is 1. The number of piperidine rings is 1. The van der Waals surface area contributed by atoms with E-state index >= 15 is 0 Å². The normalized spacial score (nSPS) is 17.1. The topological polar surface area (TPSA) is 54.9 Å². The van der Waals surface area contributed by atoms with Crippen LogP contribution in [-0.2, 0) is 4.74 Å². The van der Waals surface area contributed by atoms with Crippen LogP contribution in [0.25, 0.3) is 0 Å². The van der Waals surface area contributed by atoms with Gasteiger partial charge in [0.05, 0.1) is 19.7 Å². The molecule has 4 heteroatoms. The first kappa shape index (κ1) is 13.3. The lowest BCUT2D eigenvalue weighted by atomic mass is 9.95. The van der Waals surface area contributed by atoms with Gasteiger partial charge in [0.25, 0.3) is 0 Å². The van der Waals surface area contributed by atoms with E-state index in [9.17, 15) is 4.79 Å². The molecular weight excluding hydrogens is 204 g/mol. The van der Waals surface area contributed by atoms with Crippen LogP contribution in [0.1, 0.15) is 39.0 Å². The number of nitrogens with one attached hydrogen (secondary N) is 1. The minimum Gasteiger partial charge on any atom is -0.450 e. The summed E-state index contributed by atoms with van der Waals surface area (Å²) in [5.74, 6) is 0.793. The molecule has 0 aromatic rings. The van der Waals surface area contributed by atoms with Crippen molar-refractivity contribution in [1.82, 2.24) is 5.32 Å². The molecule has 4 nitrogen and oxygen atoms in total. The lowest BCUT2D eigenvalue weighted by molar-refractivity contribution is -0.664. The number of quaternary nitrogens is 1. The molecule has 1 saturated heterocycles. The maximum Gasteiger partial charge on any atom is 0.407 e. The predicted molar refractivity (Wildman–Crippen MR) is 63.3 cm³/mol. The highest BCUT2D eigenvalue weighted by Crippen LogP contribution is 2.12. The fourth-order valence-corrected chi connectivity index (χ4v) is 2.02. The standard InChI is InChI=1S/C12H24N2O2/c1-2-3-10-16-12(15)14-9-6-11-4-7-13-8-5-11/h11,13H,2-10H2,1H3,(H,14,15)/p+1. The van der Waals surface area contributed by atoms with Gasteiger partial charge in [-0.05, 0) is 31.6 Å². The van der Waals surface area contributed by atoms with Crippen molar-refractivity contribution in [3.8, 4) is 0 Å². The number of rotatable bonds is 6. The van der Waals surface area contributed by atoms with Gasteiger partial charge in [0.2, 0.25) is 0 Å². The fourth-order valence-electron chi connectivity index (χ4n) is 2.02. The van der Waals surface area contributed by atoms with Gasteiger partial charge >= 0.3 is 6.09 Å². The first-order valence-electron chi connectivity index (χ1n) is 6.55. The molecule has 0 aromatic carbocycles. The van der Waals surface area contributed by atoms with Gasteiger partial charge in [0.15, 0.2) is 0 Å². The summed E-state index contributed by atoms with van der Waals surface area (Å²) in [6.45, 7) is 5.87. The lowest BCUT2D eigenvalue weighted by Crippen LogP contribution is -2.86. The van der Waals surface area contributed by atoms with E-state index in [1.807, 2.05) is 0 Å². The van der Waals surface area contributed by atoms with Crippen LogP contribution in [0.4, 0.5) is 4.79 Å². The number of alkyl carbamates (subject to hydrolysis) is 1. The van der Waals surface area contributed by atoms with Crippen LogP contribution in [0.3, 0.4) is 0 Å². The van der Waals surface area contributed by atoms with Crippen molar-refractivity contribution in [2.75, 3.05) is 26.2 Å². The zero-order valence-corrected chi connectivity index (χ0v) is 10.3. The number of carbonyl (C=O) groups excluding carboxylic acids is 1. The summed E-state index contributed by atoms with van der Waals surface area (Å²) in [4.78, 5) is 11.2. The van der Waals surface area contributed by atoms with Crippen molar-refractivity contribution in [2.45, 2.75) is 39.0 Å². The summed E-state index contributed by atoms with van der Waals surface area (Å²) in [7, 11) is 0. The Morgan fingerprint density at radius 1 is 1.44 bits per heavy atom. The van der Waals surface area contributed by atoms with Gasteiger partial charge in [0.1, 0.15) is 0 Å². The molecule has 1 heterocycles. The lowest BCUT2D eigenvalue weighted by Gasteiger charge is -2.20. The Morgan fingerprint density at radius 2 is 2.19 bits per heavy atom. The summed E-state index contributed by atoms with van der Waals surface area (Å²) >= 11 is 0. The quantitative estimate of drug-likeness (QED) is 0.664. The van der Waals surface area contributed by atoms with Crippen molar-refractivity contribution in [3.63, 3.8) is 0 Å². The van der Waals surface area contributed by atoms with Crippen molar-refractivity contribution in [1.29, 1.82) is 0 Å². The van der Waals surface area contributed by atoms with Gasteiger partial charge in [-0.2, -0.15) is 0 Å². The summed E-state index contributed by atoms with van der Waals surface area (Å²) in [5, 5.41) is 5.18. The third-order valence-electron chi connectivity index (χ3n) is 3.11. The SMILES string of the molecule is CCCCOC(=O)NCCC1CC[NH2+]CC1. The molecule has 94 valence electrons. The monoisotopic (exact) mass is 229 g/mol. The Balaban J connectivity index is 1.94. The zero-order valence-electron chi connectivity index (χ0n) is 10.3. The van der Waals surface area contributed by atoms with Crippen molar-refractivity contribution < 1.29 is 14.8 Å². The Bertz CT molecular complexity index is 191. The van der Waals surface area contributed by atoms with Crippen molar-refractivity contribution in [2.24, 2.45) is 5.92 Å². The molecule has 0 atom stereocenters. The van der Waals surface area contributed by atoms with E-state index in [0.717, 1.165) is 31.7 Å². The molecule has 1 rings (SSSR count). The van der Waals surface area contributed by atoms with Crippen molar-refractivity contribution >= 4 is 6.09 Å². The maximum absolute atomic E-state index is 11.2. The second-order valence-corrected chi connectivity index (χ2v) is 4.51. The third-order valence-corrected chi connectivity index (χ3v) is 3.11. The molecule has 1 aliphatic rings. The summed E-state index contributed by atoms with van der Waals surface area (Å²) in [6, 6.07) is 0. The van der Waals surface area contributed by atoms with E-state index < -0.39 is 0 Å². The molecule has 1 fully saturated rings. The first-order chi connectivity index (χ1) is 7.83. The van der Waals surface area contributed by atoms with E-state index in [1.54, 1.807) is 0 Å². The molecule has 0 radical (unpaired) electrons. The smallest absolute Gasteiger partial charge is 0.407 e. The predicted octanol–water partition coefficient (Wildman–Crippen LogP) is 0.876. The van der Waals surface area contributed by atoms with Crippen LogP contribution in [0, 0.1) is 5.92 Å². The molecule has 1 amide bonds. The minimum atomic E-state index is -0.254. The number of carbonyl (C=O) groups is 1. The molecule has 3 N–H and O–H groups in total. The highest BCUT2D eigenvalue weighted by Gasteiger charge is 2.15. The van der Waals surface area contributed by atoms with E-state index in [1.165, 1.54) is 25.9 Å². The van der Waals surface area contributed by atoms with Gasteiger partial charge in [-0.1, -0.05) is 13.3 Å². The van der Waals surface area contributed by atoms with Gasteiger partial charge in [-0.15, -0.1) is 0 Å². The highest BCUT2D eigenvalue weighted by molar-refractivity contribution is 5.66. The first-order valence-corrected chi connectivity index (χ1v) is 6.55. The largest absolute Gasteiger partial charge is 0.450 e. The van der Waals surface area contributed by atoms with Gasteiger partial charge in [0, 0.05) is 6.54 Å². The summed E-state index contributed by atoms with van der Waals surface area (Å²) in [6.07, 6.45) is 5.42. The second kappa shape index (κ2) is 8.39. The molecule has 0 unspecified atom stereocenters. The van der Waals surface area contributed by atoms with Crippen LogP contribution >= 0.6 is 0 Å². The molecule has 16 heavy (non-hydrogen) atoms. The van der Waals surface area contributed by atoms with Gasteiger partial charge < -0.3 is 15.4 Å². The fraction of sp³-hybridized carbons (Fsp3) is 0.917. The second-order valence-electron chi connectivity index (χ2n) is 4.51. The molecule has 0 spiro atoms. The average molecular weight is 229 g/mol. The number of nitrogens with two attached hydrogens (primary N) is 1. The number of amides is 1. The zero-order chi connectivity index (χ0) is 11.6. The molecule has 0 saturated carbocycles. The summed E-state index contributed by atoms with van der Waals surface area (Å²) in [5.41, 5.74) is 0. The molecular formula is C12H25N2O2+. The minimum absolute atomic E-state index is 0.254. The Morgan fingerprint density at radius 3 is 2.88 bits per heavy atom. The molecule has 0 aromatic heterocycles. The Hall–Kier alpha value is -0.770. The Labute approximate surface area is 98.1 Å². The number of hydrogen-bond acceptors (Lipinski definition) is 2. The molecule has 1 aliphatic heterocycles.